The Labute approximate surface area is 93.6 Å². The van der Waals surface area contributed by atoms with Gasteiger partial charge in [-0.1, -0.05) is 0 Å². The summed E-state index contributed by atoms with van der Waals surface area (Å²) in [5.74, 6) is 0. The van der Waals surface area contributed by atoms with Crippen LogP contribution in [0.1, 0.15) is 17.2 Å². The summed E-state index contributed by atoms with van der Waals surface area (Å²) in [6, 6.07) is 0.433. The first-order valence-electron chi connectivity index (χ1n) is 5.39. The van der Waals surface area contributed by atoms with Crippen molar-refractivity contribution in [3.8, 4) is 0 Å². The fourth-order valence-electron chi connectivity index (χ4n) is 1.84. The normalized spacial score (nSPS) is 16.3. The lowest BCUT2D eigenvalue weighted by Crippen LogP contribution is -2.30. The van der Waals surface area contributed by atoms with E-state index in [1.165, 1.54) is 11.1 Å². The van der Waals surface area contributed by atoms with Crippen molar-refractivity contribution in [1.29, 1.82) is 0 Å². The van der Waals surface area contributed by atoms with Crippen LogP contribution < -0.4 is 0 Å². The van der Waals surface area contributed by atoms with Crippen molar-refractivity contribution < 1.29 is 4.74 Å². The Morgan fingerprint density at radius 2 is 2.00 bits per heavy atom. The second-order valence-electron chi connectivity index (χ2n) is 4.22. The average Bonchev–Trinajstić information content (AvgIpc) is 2.74. The minimum absolute atomic E-state index is 0.433. The lowest BCUT2D eigenvalue weighted by molar-refractivity contribution is -0.0286. The van der Waals surface area contributed by atoms with E-state index in [0.717, 1.165) is 19.6 Å². The molecule has 0 bridgehead atoms. The van der Waals surface area contributed by atoms with Gasteiger partial charge in [0.2, 0.25) is 0 Å². The van der Waals surface area contributed by atoms with E-state index >= 15 is 0 Å². The Kier molecular flexibility index (Phi) is 2.25. The van der Waals surface area contributed by atoms with Gasteiger partial charge < -0.3 is 4.74 Å². The number of hydrogen-bond donors (Lipinski definition) is 0. The Morgan fingerprint density at radius 3 is 2.62 bits per heavy atom. The van der Waals surface area contributed by atoms with Crippen molar-refractivity contribution in [2.45, 2.75) is 12.5 Å². The van der Waals surface area contributed by atoms with Gasteiger partial charge in [0.1, 0.15) is 0 Å². The van der Waals surface area contributed by atoms with Crippen LogP contribution in [-0.4, -0.2) is 32.8 Å². The van der Waals surface area contributed by atoms with Crippen LogP contribution in [0.25, 0.3) is 0 Å². The van der Waals surface area contributed by atoms with E-state index in [-0.39, 0.29) is 0 Å². The summed E-state index contributed by atoms with van der Waals surface area (Å²) < 4.78 is 8.96. The average molecular weight is 218 g/mol. The Hall–Kier alpha value is -1.62. The molecule has 16 heavy (non-hydrogen) atoms. The molecule has 0 unspecified atom stereocenters. The van der Waals surface area contributed by atoms with Crippen LogP contribution in [0.3, 0.4) is 0 Å². The molecular formula is C11H14N4O. The molecule has 0 aliphatic carbocycles. The van der Waals surface area contributed by atoms with Gasteiger partial charge in [-0.3, -0.25) is 9.36 Å². The van der Waals surface area contributed by atoms with Gasteiger partial charge >= 0.3 is 0 Å². The van der Waals surface area contributed by atoms with Gasteiger partial charge in [0.15, 0.2) is 0 Å². The van der Waals surface area contributed by atoms with Crippen molar-refractivity contribution in [2.75, 3.05) is 13.2 Å². The Balaban J connectivity index is 1.72. The summed E-state index contributed by atoms with van der Waals surface area (Å²) in [4.78, 5) is 0. The molecule has 1 fully saturated rings. The molecule has 0 saturated carbocycles. The van der Waals surface area contributed by atoms with Crippen molar-refractivity contribution in [1.82, 2.24) is 19.6 Å². The van der Waals surface area contributed by atoms with Crippen molar-refractivity contribution in [3.05, 3.63) is 35.9 Å². The Bertz CT molecular complexity index is 484. The first-order chi connectivity index (χ1) is 7.81. The third-order valence-electron chi connectivity index (χ3n) is 2.82. The maximum atomic E-state index is 5.15. The molecule has 5 heteroatoms. The summed E-state index contributed by atoms with van der Waals surface area (Å²) in [7, 11) is 1.93. The van der Waals surface area contributed by atoms with Crippen LogP contribution in [0.15, 0.2) is 24.8 Å². The van der Waals surface area contributed by atoms with E-state index in [0.29, 0.717) is 6.04 Å². The van der Waals surface area contributed by atoms with Crippen LogP contribution in [0, 0.1) is 0 Å². The molecule has 2 aromatic heterocycles. The van der Waals surface area contributed by atoms with E-state index in [4.69, 9.17) is 4.74 Å². The Morgan fingerprint density at radius 1 is 1.25 bits per heavy atom. The van der Waals surface area contributed by atoms with Gasteiger partial charge in [0.05, 0.1) is 31.6 Å². The summed E-state index contributed by atoms with van der Waals surface area (Å²) in [6.07, 6.45) is 8.83. The third kappa shape index (κ3) is 1.74. The standard InChI is InChI=1S/C11H14N4O/c1-14-5-9(3-12-14)2-10-4-13-15(6-10)11-7-16-8-11/h3-6,11H,2,7-8H2,1H3. The first kappa shape index (κ1) is 9.59. The van der Waals surface area contributed by atoms with Gasteiger partial charge in [-0.05, 0) is 11.1 Å². The fourth-order valence-corrected chi connectivity index (χ4v) is 1.84. The molecule has 0 spiro atoms. The number of ether oxygens (including phenoxy) is 1. The molecular weight excluding hydrogens is 204 g/mol. The van der Waals surface area contributed by atoms with E-state index < -0.39 is 0 Å². The molecule has 3 heterocycles. The molecule has 84 valence electrons. The largest absolute Gasteiger partial charge is 0.377 e. The van der Waals surface area contributed by atoms with Gasteiger partial charge in [0.25, 0.3) is 0 Å². The minimum atomic E-state index is 0.433. The van der Waals surface area contributed by atoms with Crippen LogP contribution in [0.2, 0.25) is 0 Å². The topological polar surface area (TPSA) is 44.9 Å². The molecule has 2 aromatic rings. The van der Waals surface area contributed by atoms with Crippen molar-refractivity contribution in [3.63, 3.8) is 0 Å². The predicted molar refractivity (Wildman–Crippen MR) is 58.1 cm³/mol. The highest BCUT2D eigenvalue weighted by atomic mass is 16.5. The molecule has 0 aromatic carbocycles. The lowest BCUT2D eigenvalue weighted by atomic mass is 10.1. The molecule has 0 atom stereocenters. The van der Waals surface area contributed by atoms with Crippen molar-refractivity contribution in [2.24, 2.45) is 7.05 Å². The van der Waals surface area contributed by atoms with Gasteiger partial charge in [0, 0.05) is 25.9 Å². The molecule has 0 radical (unpaired) electrons. The summed E-state index contributed by atoms with van der Waals surface area (Å²) in [6.45, 7) is 1.57. The summed E-state index contributed by atoms with van der Waals surface area (Å²) in [5.41, 5.74) is 2.44. The fraction of sp³-hybridized carbons (Fsp3) is 0.455. The molecule has 1 aliphatic rings. The zero-order valence-electron chi connectivity index (χ0n) is 9.21. The zero-order valence-corrected chi connectivity index (χ0v) is 9.21. The van der Waals surface area contributed by atoms with Crippen LogP contribution in [-0.2, 0) is 18.2 Å². The number of hydrogen-bond acceptors (Lipinski definition) is 3. The lowest BCUT2D eigenvalue weighted by Gasteiger charge is -2.25. The monoisotopic (exact) mass is 218 g/mol. The second kappa shape index (κ2) is 3.75. The quantitative estimate of drug-likeness (QED) is 0.764. The predicted octanol–water partition coefficient (Wildman–Crippen LogP) is 0.779. The van der Waals surface area contributed by atoms with Crippen LogP contribution >= 0.6 is 0 Å². The highest BCUT2D eigenvalue weighted by Crippen LogP contribution is 2.17. The van der Waals surface area contributed by atoms with Gasteiger partial charge in [-0.2, -0.15) is 10.2 Å². The molecule has 1 aliphatic heterocycles. The smallest absolute Gasteiger partial charge is 0.0985 e. The molecule has 0 amide bonds. The maximum absolute atomic E-state index is 5.15. The minimum Gasteiger partial charge on any atom is -0.377 e. The van der Waals surface area contributed by atoms with E-state index in [1.54, 1.807) is 0 Å². The third-order valence-corrected chi connectivity index (χ3v) is 2.82. The van der Waals surface area contributed by atoms with Crippen LogP contribution in [0.5, 0.6) is 0 Å². The number of nitrogens with zero attached hydrogens (tertiary/aromatic N) is 4. The summed E-state index contributed by atoms with van der Waals surface area (Å²) >= 11 is 0. The highest BCUT2D eigenvalue weighted by molar-refractivity contribution is 5.17. The molecule has 3 rings (SSSR count). The van der Waals surface area contributed by atoms with Gasteiger partial charge in [-0.25, -0.2) is 0 Å². The highest BCUT2D eigenvalue weighted by Gasteiger charge is 2.20. The van der Waals surface area contributed by atoms with Crippen molar-refractivity contribution >= 4 is 0 Å². The van der Waals surface area contributed by atoms with Crippen LogP contribution in [0.4, 0.5) is 0 Å². The number of aromatic nitrogens is 4. The molecule has 0 N–H and O–H groups in total. The summed E-state index contributed by atoms with van der Waals surface area (Å²) in [5, 5.41) is 8.50. The zero-order chi connectivity index (χ0) is 11.0. The maximum Gasteiger partial charge on any atom is 0.0985 e. The molecule has 5 nitrogen and oxygen atoms in total. The SMILES string of the molecule is Cn1cc(Cc2cnn(C3COC3)c2)cn1. The number of aryl methyl sites for hydroxylation is 1. The second-order valence-corrected chi connectivity index (χ2v) is 4.22. The first-order valence-corrected chi connectivity index (χ1v) is 5.39. The van der Waals surface area contributed by atoms with E-state index in [1.807, 2.05) is 35.0 Å². The van der Waals surface area contributed by atoms with E-state index in [9.17, 15) is 0 Å². The van der Waals surface area contributed by atoms with E-state index in [2.05, 4.69) is 16.4 Å². The number of rotatable bonds is 3. The van der Waals surface area contributed by atoms with Gasteiger partial charge in [-0.15, -0.1) is 0 Å². The molecule has 1 saturated heterocycles.